The highest BCUT2D eigenvalue weighted by molar-refractivity contribution is 8.00. The number of aryl methyl sites for hydroxylation is 1. The van der Waals surface area contributed by atoms with E-state index >= 15 is 0 Å². The maximum atomic E-state index is 13.2. The molecule has 0 spiro atoms. The predicted octanol–water partition coefficient (Wildman–Crippen LogP) is 4.27. The number of rotatable bonds is 4. The van der Waals surface area contributed by atoms with Gasteiger partial charge in [0.25, 0.3) is 0 Å². The maximum Gasteiger partial charge on any atom is 0.417 e. The quantitative estimate of drug-likeness (QED) is 0.788. The lowest BCUT2D eigenvalue weighted by Crippen LogP contribution is -2.23. The number of amides is 1. The molecule has 9 heteroatoms. The molecule has 0 unspecified atom stereocenters. The first kappa shape index (κ1) is 20.3. The van der Waals surface area contributed by atoms with Gasteiger partial charge in [-0.2, -0.15) is 23.7 Å². The Morgan fingerprint density at radius 1 is 1.22 bits per heavy atom. The number of alkyl halides is 3. The minimum atomic E-state index is -4.69. The van der Waals surface area contributed by atoms with Gasteiger partial charge in [0.1, 0.15) is 11.1 Å². The lowest BCUT2D eigenvalue weighted by atomic mass is 10.1. The van der Waals surface area contributed by atoms with E-state index in [1.54, 1.807) is 12.1 Å². The minimum Gasteiger partial charge on any atom is -0.325 e. The molecule has 0 aliphatic rings. The summed E-state index contributed by atoms with van der Waals surface area (Å²) in [6, 6.07) is 10.4. The minimum absolute atomic E-state index is 0.100. The van der Waals surface area contributed by atoms with Crippen LogP contribution in [0.3, 0.4) is 0 Å². The molecule has 1 atom stereocenters. The van der Waals surface area contributed by atoms with Crippen molar-refractivity contribution in [3.8, 4) is 12.1 Å². The zero-order chi connectivity index (χ0) is 20.2. The van der Waals surface area contributed by atoms with Crippen molar-refractivity contribution in [3.63, 3.8) is 0 Å². The predicted molar refractivity (Wildman–Crippen MR) is 93.8 cm³/mol. The highest BCUT2D eigenvalue weighted by atomic mass is 32.2. The molecule has 0 saturated carbocycles. The lowest BCUT2D eigenvalue weighted by molar-refractivity contribution is -0.138. The molecule has 0 bridgehead atoms. The Labute approximate surface area is 157 Å². The number of aromatic nitrogens is 1. The van der Waals surface area contributed by atoms with Gasteiger partial charge in [-0.25, -0.2) is 4.98 Å². The van der Waals surface area contributed by atoms with E-state index in [0.29, 0.717) is 11.3 Å². The monoisotopic (exact) mass is 390 g/mol. The van der Waals surface area contributed by atoms with Crippen LogP contribution in [0.4, 0.5) is 18.9 Å². The largest absolute Gasteiger partial charge is 0.417 e. The van der Waals surface area contributed by atoms with Crippen molar-refractivity contribution < 1.29 is 18.0 Å². The van der Waals surface area contributed by atoms with Gasteiger partial charge in [-0.15, -0.1) is 0 Å². The van der Waals surface area contributed by atoms with Gasteiger partial charge in [0.15, 0.2) is 0 Å². The van der Waals surface area contributed by atoms with E-state index in [1.165, 1.54) is 32.0 Å². The van der Waals surface area contributed by atoms with E-state index in [-0.39, 0.29) is 10.7 Å². The Kier molecular flexibility index (Phi) is 6.09. The second-order valence-electron chi connectivity index (χ2n) is 5.54. The van der Waals surface area contributed by atoms with E-state index in [4.69, 9.17) is 10.5 Å². The van der Waals surface area contributed by atoms with Crippen LogP contribution in [0.2, 0.25) is 0 Å². The Balaban J connectivity index is 2.23. The highest BCUT2D eigenvalue weighted by Crippen LogP contribution is 2.37. The Morgan fingerprint density at radius 3 is 2.37 bits per heavy atom. The summed E-state index contributed by atoms with van der Waals surface area (Å²) in [6.07, 6.45) is -4.69. The summed E-state index contributed by atoms with van der Waals surface area (Å²) in [6.45, 7) is 2.89. The van der Waals surface area contributed by atoms with Crippen molar-refractivity contribution in [1.29, 1.82) is 10.5 Å². The number of carbonyl (C=O) groups excluding carboxylic acids is 1. The summed E-state index contributed by atoms with van der Waals surface area (Å²) in [4.78, 5) is 16.3. The SMILES string of the molecule is Cc1cc(C(F)(F)F)c(C#N)c(S[C@@H](C)C(=O)Nc2ccc(C#N)cc2)n1. The summed E-state index contributed by atoms with van der Waals surface area (Å²) in [5, 5.41) is 19.6. The molecule has 0 fully saturated rings. The van der Waals surface area contributed by atoms with Crippen molar-refractivity contribution in [2.45, 2.75) is 30.3 Å². The molecule has 2 rings (SSSR count). The molecule has 0 aliphatic carbocycles. The number of carbonyl (C=O) groups is 1. The smallest absolute Gasteiger partial charge is 0.325 e. The number of hydrogen-bond acceptors (Lipinski definition) is 5. The molecule has 27 heavy (non-hydrogen) atoms. The van der Waals surface area contributed by atoms with Crippen LogP contribution < -0.4 is 5.32 Å². The van der Waals surface area contributed by atoms with Crippen LogP contribution in [0, 0.1) is 29.6 Å². The average Bonchev–Trinajstić information content (AvgIpc) is 2.61. The summed E-state index contributed by atoms with van der Waals surface area (Å²) in [7, 11) is 0. The standard InChI is InChI=1S/C18H13F3N4OS/c1-10-7-15(18(19,20)21)14(9-23)17(24-10)27-11(2)16(26)25-13-5-3-12(8-22)4-6-13/h3-7,11H,1-2H3,(H,25,26)/t11-/m0/s1. The number of pyridine rings is 1. The second kappa shape index (κ2) is 8.11. The topological polar surface area (TPSA) is 89.6 Å². The molecule has 1 N–H and O–H groups in total. The van der Waals surface area contributed by atoms with Gasteiger partial charge in [0.05, 0.1) is 28.0 Å². The van der Waals surface area contributed by atoms with Crippen LogP contribution in [0.15, 0.2) is 35.4 Å². The number of anilines is 1. The van der Waals surface area contributed by atoms with Crippen LogP contribution in [-0.2, 0) is 11.0 Å². The maximum absolute atomic E-state index is 13.2. The molecule has 1 aromatic carbocycles. The van der Waals surface area contributed by atoms with E-state index in [9.17, 15) is 18.0 Å². The molecular formula is C18H13F3N4OS. The fourth-order valence-corrected chi connectivity index (χ4v) is 3.13. The molecule has 0 saturated heterocycles. The van der Waals surface area contributed by atoms with E-state index in [2.05, 4.69) is 10.3 Å². The van der Waals surface area contributed by atoms with Gasteiger partial charge in [0, 0.05) is 11.4 Å². The van der Waals surface area contributed by atoms with Crippen LogP contribution >= 0.6 is 11.8 Å². The van der Waals surface area contributed by atoms with Crippen molar-refractivity contribution in [3.05, 3.63) is 52.7 Å². The highest BCUT2D eigenvalue weighted by Gasteiger charge is 2.36. The Morgan fingerprint density at radius 2 is 1.85 bits per heavy atom. The van der Waals surface area contributed by atoms with Gasteiger partial charge in [0.2, 0.25) is 5.91 Å². The fraction of sp³-hybridized carbons (Fsp3) is 0.222. The van der Waals surface area contributed by atoms with E-state index in [0.717, 1.165) is 17.8 Å². The third-order valence-electron chi connectivity index (χ3n) is 3.47. The number of thioether (sulfide) groups is 1. The molecule has 1 amide bonds. The molecule has 2 aromatic rings. The van der Waals surface area contributed by atoms with Gasteiger partial charge in [-0.1, -0.05) is 11.8 Å². The first-order valence-electron chi connectivity index (χ1n) is 7.62. The van der Waals surface area contributed by atoms with E-state index in [1.807, 2.05) is 6.07 Å². The Hall–Kier alpha value is -3.04. The Bertz CT molecular complexity index is 943. The van der Waals surface area contributed by atoms with Gasteiger partial charge in [-0.3, -0.25) is 4.79 Å². The lowest BCUT2D eigenvalue weighted by Gasteiger charge is -2.15. The molecule has 1 heterocycles. The summed E-state index contributed by atoms with van der Waals surface area (Å²) >= 11 is 0.776. The van der Waals surface area contributed by atoms with E-state index < -0.39 is 28.5 Å². The van der Waals surface area contributed by atoms with Crippen LogP contribution in [-0.4, -0.2) is 16.1 Å². The number of halogens is 3. The van der Waals surface area contributed by atoms with Crippen LogP contribution in [0.5, 0.6) is 0 Å². The average molecular weight is 390 g/mol. The van der Waals surface area contributed by atoms with Gasteiger partial charge < -0.3 is 5.32 Å². The first-order valence-corrected chi connectivity index (χ1v) is 8.50. The normalized spacial score (nSPS) is 12.0. The molecule has 138 valence electrons. The molecule has 0 aliphatic heterocycles. The third kappa shape index (κ3) is 4.99. The number of benzene rings is 1. The number of nitrogens with zero attached hydrogens (tertiary/aromatic N) is 3. The van der Waals surface area contributed by atoms with Crippen molar-refractivity contribution >= 4 is 23.4 Å². The second-order valence-corrected chi connectivity index (χ2v) is 6.87. The molecule has 1 aromatic heterocycles. The molecular weight excluding hydrogens is 377 g/mol. The molecule has 0 radical (unpaired) electrons. The number of hydrogen-bond donors (Lipinski definition) is 1. The van der Waals surface area contributed by atoms with Crippen molar-refractivity contribution in [1.82, 2.24) is 4.98 Å². The summed E-state index contributed by atoms with van der Waals surface area (Å²) in [5.74, 6) is -0.467. The van der Waals surface area contributed by atoms with Crippen LogP contribution in [0.25, 0.3) is 0 Å². The molecule has 5 nitrogen and oxygen atoms in total. The zero-order valence-corrected chi connectivity index (χ0v) is 15.1. The first-order chi connectivity index (χ1) is 12.7. The summed E-state index contributed by atoms with van der Waals surface area (Å²) in [5.41, 5.74) is -0.697. The van der Waals surface area contributed by atoms with Crippen molar-refractivity contribution in [2.75, 3.05) is 5.32 Å². The zero-order valence-electron chi connectivity index (χ0n) is 14.3. The number of nitriles is 2. The van der Waals surface area contributed by atoms with Crippen LogP contribution in [0.1, 0.15) is 29.3 Å². The van der Waals surface area contributed by atoms with Gasteiger partial charge >= 0.3 is 6.18 Å². The van der Waals surface area contributed by atoms with Gasteiger partial charge in [-0.05, 0) is 44.2 Å². The van der Waals surface area contributed by atoms with Crippen molar-refractivity contribution in [2.24, 2.45) is 0 Å². The number of nitrogens with one attached hydrogen (secondary N) is 1. The third-order valence-corrected chi connectivity index (χ3v) is 4.56. The fourth-order valence-electron chi connectivity index (χ4n) is 2.15. The summed E-state index contributed by atoms with van der Waals surface area (Å²) < 4.78 is 39.5.